The lowest BCUT2D eigenvalue weighted by Gasteiger charge is -2.15. The lowest BCUT2D eigenvalue weighted by molar-refractivity contribution is 0.597. The Morgan fingerprint density at radius 3 is 1.87 bits per heavy atom. The summed E-state index contributed by atoms with van der Waals surface area (Å²) in [5.41, 5.74) is 1.42. The van der Waals surface area contributed by atoms with Crippen LogP contribution in [0.3, 0.4) is 0 Å². The molecule has 0 aliphatic heterocycles. The Morgan fingerprint density at radius 1 is 0.826 bits per heavy atom. The van der Waals surface area contributed by atoms with Gasteiger partial charge in [-0.3, -0.25) is 4.72 Å². The molecule has 0 saturated carbocycles. The van der Waals surface area contributed by atoms with Gasteiger partial charge in [0.05, 0.1) is 15.5 Å². The Kier molecular flexibility index (Phi) is 4.81. The van der Waals surface area contributed by atoms with Gasteiger partial charge >= 0.3 is 0 Å². The first kappa shape index (κ1) is 17.5. The van der Waals surface area contributed by atoms with Gasteiger partial charge in [0.1, 0.15) is 0 Å². The zero-order chi connectivity index (χ0) is 17.3. The Morgan fingerprint density at radius 2 is 1.35 bits per heavy atom. The fourth-order valence-electron chi connectivity index (χ4n) is 2.16. The largest absolute Gasteiger partial charge is 0.279 e. The molecule has 1 N–H and O–H groups in total. The maximum atomic E-state index is 12.5. The molecule has 7 heteroatoms. The van der Waals surface area contributed by atoms with Crippen LogP contribution in [0.2, 0.25) is 0 Å². The summed E-state index contributed by atoms with van der Waals surface area (Å²) in [5.74, 6) is 0.168. The Bertz CT molecular complexity index is 899. The van der Waals surface area contributed by atoms with Crippen molar-refractivity contribution >= 4 is 25.5 Å². The quantitative estimate of drug-likeness (QED) is 0.896. The van der Waals surface area contributed by atoms with Crippen LogP contribution in [0, 0.1) is 0 Å². The van der Waals surface area contributed by atoms with Gasteiger partial charge in [0.2, 0.25) is 0 Å². The third-order valence-corrected chi connectivity index (χ3v) is 5.90. The summed E-state index contributed by atoms with van der Waals surface area (Å²) in [7, 11) is -7.13. The number of hydrogen-bond donors (Lipinski definition) is 1. The minimum Gasteiger partial charge on any atom is -0.279 e. The third-order valence-electron chi connectivity index (χ3n) is 3.39. The highest BCUT2D eigenvalue weighted by Gasteiger charge is 2.18. The summed E-state index contributed by atoms with van der Waals surface area (Å²) in [6.45, 7) is 3.96. The molecule has 5 nitrogen and oxygen atoms in total. The van der Waals surface area contributed by atoms with Crippen molar-refractivity contribution in [1.29, 1.82) is 0 Å². The van der Waals surface area contributed by atoms with E-state index in [0.717, 1.165) is 11.8 Å². The maximum Gasteiger partial charge on any atom is 0.261 e. The second kappa shape index (κ2) is 6.33. The van der Waals surface area contributed by atoms with E-state index in [4.69, 9.17) is 0 Å². The van der Waals surface area contributed by atoms with E-state index >= 15 is 0 Å². The van der Waals surface area contributed by atoms with E-state index < -0.39 is 19.9 Å². The number of benzene rings is 2. The van der Waals surface area contributed by atoms with E-state index in [1.54, 1.807) is 12.1 Å². The van der Waals surface area contributed by atoms with Crippen molar-refractivity contribution in [1.82, 2.24) is 0 Å². The Labute approximate surface area is 137 Å². The number of rotatable bonds is 5. The first-order chi connectivity index (χ1) is 10.6. The molecule has 124 valence electrons. The van der Waals surface area contributed by atoms with Gasteiger partial charge in [-0.05, 0) is 41.8 Å². The second-order valence-electron chi connectivity index (χ2n) is 5.59. The number of para-hydroxylation sites is 1. The standard InChI is InChI=1S/C16H19NO4S2/c1-12(2)15-6-4-5-7-16(15)17-23(20,21)14-10-8-13(9-11-14)22(3,18)19/h4-12,17H,1-3H3. The van der Waals surface area contributed by atoms with E-state index in [1.165, 1.54) is 24.3 Å². The van der Waals surface area contributed by atoms with Gasteiger partial charge < -0.3 is 0 Å². The van der Waals surface area contributed by atoms with Gasteiger partial charge in [-0.25, -0.2) is 16.8 Å². The van der Waals surface area contributed by atoms with Crippen LogP contribution in [-0.4, -0.2) is 23.1 Å². The SMILES string of the molecule is CC(C)c1ccccc1NS(=O)(=O)c1ccc(S(C)(=O)=O)cc1. The molecule has 0 saturated heterocycles. The molecule has 0 heterocycles. The molecule has 0 fully saturated rings. The lowest BCUT2D eigenvalue weighted by atomic mass is 10.0. The normalized spacial score (nSPS) is 12.3. The molecule has 0 radical (unpaired) electrons. The molecule has 0 bridgehead atoms. The number of nitrogens with one attached hydrogen (secondary N) is 1. The predicted octanol–water partition coefficient (Wildman–Crippen LogP) is 3.01. The summed E-state index contributed by atoms with van der Waals surface area (Å²) >= 11 is 0. The van der Waals surface area contributed by atoms with E-state index in [1.807, 2.05) is 26.0 Å². The first-order valence-corrected chi connectivity index (χ1v) is 10.4. The predicted molar refractivity (Wildman–Crippen MR) is 90.9 cm³/mol. The molecule has 0 unspecified atom stereocenters. The lowest BCUT2D eigenvalue weighted by Crippen LogP contribution is -2.14. The van der Waals surface area contributed by atoms with Crippen LogP contribution in [-0.2, 0) is 19.9 Å². The fourth-order valence-corrected chi connectivity index (χ4v) is 3.88. The van der Waals surface area contributed by atoms with Crippen molar-refractivity contribution in [3.8, 4) is 0 Å². The molecule has 2 aromatic rings. The molecular weight excluding hydrogens is 334 g/mol. The van der Waals surface area contributed by atoms with Gasteiger partial charge in [0.25, 0.3) is 10.0 Å². The maximum absolute atomic E-state index is 12.5. The fraction of sp³-hybridized carbons (Fsp3) is 0.250. The molecule has 0 spiro atoms. The van der Waals surface area contributed by atoms with Crippen LogP contribution >= 0.6 is 0 Å². The van der Waals surface area contributed by atoms with Crippen LogP contribution in [0.15, 0.2) is 58.3 Å². The molecule has 23 heavy (non-hydrogen) atoms. The van der Waals surface area contributed by atoms with Crippen LogP contribution in [0.4, 0.5) is 5.69 Å². The molecule has 2 rings (SSSR count). The van der Waals surface area contributed by atoms with E-state index in [9.17, 15) is 16.8 Å². The monoisotopic (exact) mass is 353 g/mol. The minimum atomic E-state index is -3.78. The van der Waals surface area contributed by atoms with Gasteiger partial charge in [-0.2, -0.15) is 0 Å². The smallest absolute Gasteiger partial charge is 0.261 e. The molecule has 0 aromatic heterocycles. The van der Waals surface area contributed by atoms with E-state index in [-0.39, 0.29) is 15.7 Å². The van der Waals surface area contributed by atoms with Crippen molar-refractivity contribution in [3.05, 3.63) is 54.1 Å². The molecule has 0 aliphatic rings. The molecule has 2 aromatic carbocycles. The zero-order valence-electron chi connectivity index (χ0n) is 13.1. The van der Waals surface area contributed by atoms with Gasteiger partial charge in [-0.1, -0.05) is 32.0 Å². The minimum absolute atomic E-state index is 0.0171. The summed E-state index contributed by atoms with van der Waals surface area (Å²) in [4.78, 5) is 0.0995. The number of anilines is 1. The van der Waals surface area contributed by atoms with E-state index in [2.05, 4.69) is 4.72 Å². The molecule has 0 atom stereocenters. The van der Waals surface area contributed by atoms with Crippen molar-refractivity contribution in [2.75, 3.05) is 11.0 Å². The average molecular weight is 353 g/mol. The third kappa shape index (κ3) is 4.11. The molecule has 0 amide bonds. The van der Waals surface area contributed by atoms with Crippen molar-refractivity contribution in [2.24, 2.45) is 0 Å². The van der Waals surface area contributed by atoms with Crippen molar-refractivity contribution < 1.29 is 16.8 Å². The highest BCUT2D eigenvalue weighted by atomic mass is 32.2. The van der Waals surface area contributed by atoms with Gasteiger partial charge in [-0.15, -0.1) is 0 Å². The highest BCUT2D eigenvalue weighted by Crippen LogP contribution is 2.26. The number of sulfone groups is 1. The van der Waals surface area contributed by atoms with Crippen LogP contribution in [0.25, 0.3) is 0 Å². The van der Waals surface area contributed by atoms with Crippen LogP contribution in [0.1, 0.15) is 25.3 Å². The topological polar surface area (TPSA) is 80.3 Å². The van der Waals surface area contributed by atoms with Gasteiger partial charge in [0, 0.05) is 6.26 Å². The summed E-state index contributed by atoms with van der Waals surface area (Å²) in [6.07, 6.45) is 1.08. The number of sulfonamides is 1. The Hall–Kier alpha value is -1.86. The van der Waals surface area contributed by atoms with Crippen LogP contribution < -0.4 is 4.72 Å². The Balaban J connectivity index is 2.37. The average Bonchev–Trinajstić information content (AvgIpc) is 2.46. The highest BCUT2D eigenvalue weighted by molar-refractivity contribution is 7.92. The molecular formula is C16H19NO4S2. The van der Waals surface area contributed by atoms with Crippen molar-refractivity contribution in [2.45, 2.75) is 29.6 Å². The van der Waals surface area contributed by atoms with Crippen LogP contribution in [0.5, 0.6) is 0 Å². The second-order valence-corrected chi connectivity index (χ2v) is 9.29. The first-order valence-electron chi connectivity index (χ1n) is 7.03. The zero-order valence-corrected chi connectivity index (χ0v) is 14.8. The van der Waals surface area contributed by atoms with Gasteiger partial charge in [0.15, 0.2) is 9.84 Å². The summed E-state index contributed by atoms with van der Waals surface area (Å²) in [5, 5.41) is 0. The number of hydrogen-bond acceptors (Lipinski definition) is 4. The summed E-state index contributed by atoms with van der Waals surface area (Å²) in [6, 6.07) is 12.3. The van der Waals surface area contributed by atoms with E-state index in [0.29, 0.717) is 5.69 Å². The summed E-state index contributed by atoms with van der Waals surface area (Å²) < 4.78 is 50.4. The molecule has 0 aliphatic carbocycles. The van der Waals surface area contributed by atoms with Crippen molar-refractivity contribution in [3.63, 3.8) is 0 Å².